The minimum Gasteiger partial charge on any atom is -0.364 e. The fourth-order valence-electron chi connectivity index (χ4n) is 2.00. The van der Waals surface area contributed by atoms with Gasteiger partial charge in [0.25, 0.3) is 5.91 Å². The second kappa shape index (κ2) is 6.02. The Morgan fingerprint density at radius 3 is 2.77 bits per heavy atom. The summed E-state index contributed by atoms with van der Waals surface area (Å²) in [5.74, 6) is -0.105. The number of nitrogens with two attached hydrogens (primary N) is 1. The molecule has 2 aromatic heterocycles. The van der Waals surface area contributed by atoms with Crippen LogP contribution < -0.4 is 5.73 Å². The van der Waals surface area contributed by atoms with Gasteiger partial charge in [0.1, 0.15) is 4.88 Å². The van der Waals surface area contributed by atoms with Crippen LogP contribution in [0.1, 0.15) is 23.1 Å². The number of carbonyl (C=O) groups is 1. The fourth-order valence-corrected chi connectivity index (χ4v) is 2.86. The molecule has 1 aromatic carbocycles. The number of hydrogen-bond acceptors (Lipinski definition) is 6. The van der Waals surface area contributed by atoms with Gasteiger partial charge in [0.15, 0.2) is 5.01 Å². The third-order valence-corrected chi connectivity index (χ3v) is 4.03. The highest BCUT2D eigenvalue weighted by atomic mass is 32.1. The summed E-state index contributed by atoms with van der Waals surface area (Å²) in [5, 5.41) is 12.7. The first-order chi connectivity index (χ1) is 10.7. The topological polar surface area (TPSA) is 99.6 Å². The molecule has 0 atom stereocenters. The lowest BCUT2D eigenvalue weighted by Gasteiger charge is -1.98. The summed E-state index contributed by atoms with van der Waals surface area (Å²) < 4.78 is 0. The van der Waals surface area contributed by atoms with Gasteiger partial charge in [-0.05, 0) is 11.6 Å². The monoisotopic (exact) mass is 314 g/mol. The largest absolute Gasteiger partial charge is 0.364 e. The normalized spacial score (nSPS) is 10.8. The van der Waals surface area contributed by atoms with E-state index < -0.39 is 5.91 Å². The van der Waals surface area contributed by atoms with Crippen LogP contribution in [0, 0.1) is 0 Å². The maximum atomic E-state index is 11.4. The molecule has 0 unspecified atom stereocenters. The van der Waals surface area contributed by atoms with Crippen LogP contribution >= 0.6 is 11.3 Å². The minimum atomic E-state index is -0.561. The molecule has 0 spiro atoms. The van der Waals surface area contributed by atoms with Crippen molar-refractivity contribution in [2.75, 3.05) is 0 Å². The van der Waals surface area contributed by atoms with Gasteiger partial charge in [-0.15, -0.1) is 21.5 Å². The van der Waals surface area contributed by atoms with Gasteiger partial charge in [-0.25, -0.2) is 4.98 Å². The van der Waals surface area contributed by atoms with Crippen LogP contribution in [0.25, 0.3) is 22.0 Å². The van der Waals surface area contributed by atoms with E-state index in [1.807, 2.05) is 37.3 Å². The fraction of sp³-hybridized carbons (Fsp3) is 0.214. The van der Waals surface area contributed by atoms with E-state index in [0.717, 1.165) is 12.0 Å². The molecule has 0 aliphatic heterocycles. The summed E-state index contributed by atoms with van der Waals surface area (Å²) in [5.41, 5.74) is 6.88. The highest BCUT2D eigenvalue weighted by Gasteiger charge is 2.20. The zero-order valence-corrected chi connectivity index (χ0v) is 12.7. The molecule has 2 heterocycles. The molecule has 7 nitrogen and oxygen atoms in total. The van der Waals surface area contributed by atoms with E-state index in [2.05, 4.69) is 20.4 Å². The van der Waals surface area contributed by atoms with E-state index in [1.54, 1.807) is 0 Å². The molecule has 0 radical (unpaired) electrons. The number of nitrogens with zero attached hydrogens (tertiary/aromatic N) is 5. The number of carbonyl (C=O) groups excluding carboxylic acids is 1. The zero-order chi connectivity index (χ0) is 15.5. The number of tetrazole rings is 1. The molecule has 112 valence electrons. The van der Waals surface area contributed by atoms with Crippen molar-refractivity contribution in [2.45, 2.75) is 19.9 Å². The second-order valence-electron chi connectivity index (χ2n) is 4.64. The van der Waals surface area contributed by atoms with E-state index >= 15 is 0 Å². The molecular weight excluding hydrogens is 300 g/mol. The van der Waals surface area contributed by atoms with Gasteiger partial charge >= 0.3 is 0 Å². The molecule has 0 saturated heterocycles. The SMILES string of the molecule is CCCn1nnc(-c2sc(C(N)=O)nc2-c2ccccc2)n1. The van der Waals surface area contributed by atoms with Gasteiger partial charge < -0.3 is 5.73 Å². The van der Waals surface area contributed by atoms with Crippen LogP contribution in [0.5, 0.6) is 0 Å². The number of benzene rings is 1. The van der Waals surface area contributed by atoms with Crippen molar-refractivity contribution in [2.24, 2.45) is 5.73 Å². The number of amides is 1. The molecular formula is C14H14N6OS. The Kier molecular flexibility index (Phi) is 3.92. The third kappa shape index (κ3) is 2.73. The molecule has 8 heteroatoms. The molecule has 2 N–H and O–H groups in total. The Hall–Kier alpha value is -2.61. The zero-order valence-electron chi connectivity index (χ0n) is 11.9. The lowest BCUT2D eigenvalue weighted by Crippen LogP contribution is -2.10. The van der Waals surface area contributed by atoms with Gasteiger partial charge in [-0.2, -0.15) is 4.80 Å². The second-order valence-corrected chi connectivity index (χ2v) is 5.64. The molecule has 0 aliphatic rings. The number of thiazole rings is 1. The predicted octanol–water partition coefficient (Wildman–Crippen LogP) is 1.97. The van der Waals surface area contributed by atoms with Crippen LogP contribution in [0.4, 0.5) is 0 Å². The van der Waals surface area contributed by atoms with Crippen LogP contribution in [-0.2, 0) is 6.54 Å². The first-order valence-corrected chi connectivity index (χ1v) is 7.65. The quantitative estimate of drug-likeness (QED) is 0.776. The highest BCUT2D eigenvalue weighted by Crippen LogP contribution is 2.34. The Balaban J connectivity index is 2.10. The van der Waals surface area contributed by atoms with Gasteiger partial charge in [-0.1, -0.05) is 37.3 Å². The summed E-state index contributed by atoms with van der Waals surface area (Å²) in [7, 11) is 0. The summed E-state index contributed by atoms with van der Waals surface area (Å²) in [6.07, 6.45) is 0.913. The average molecular weight is 314 g/mol. The van der Waals surface area contributed by atoms with Crippen molar-refractivity contribution in [3.05, 3.63) is 35.3 Å². The molecule has 0 fully saturated rings. The van der Waals surface area contributed by atoms with Crippen LogP contribution in [0.15, 0.2) is 30.3 Å². The smallest absolute Gasteiger partial charge is 0.277 e. The number of primary amides is 1. The molecule has 3 rings (SSSR count). The van der Waals surface area contributed by atoms with E-state index in [0.29, 0.717) is 22.9 Å². The van der Waals surface area contributed by atoms with E-state index in [1.165, 1.54) is 16.1 Å². The molecule has 0 aliphatic carbocycles. The molecule has 0 saturated carbocycles. The van der Waals surface area contributed by atoms with Crippen LogP contribution in [0.2, 0.25) is 0 Å². The highest BCUT2D eigenvalue weighted by molar-refractivity contribution is 7.17. The Labute approximate surface area is 130 Å². The van der Waals surface area contributed by atoms with E-state index in [-0.39, 0.29) is 5.01 Å². The lowest BCUT2D eigenvalue weighted by atomic mass is 10.1. The van der Waals surface area contributed by atoms with Gasteiger partial charge in [0.05, 0.1) is 12.2 Å². The molecule has 1 amide bonds. The number of aryl methyl sites for hydroxylation is 1. The Morgan fingerprint density at radius 2 is 2.09 bits per heavy atom. The molecule has 3 aromatic rings. The standard InChI is InChI=1S/C14H14N6OS/c1-2-8-20-18-13(17-19-20)11-10(9-6-4-3-5-7-9)16-14(22-11)12(15)21/h3-7H,2,8H2,1H3,(H2,15,21). The van der Waals surface area contributed by atoms with E-state index in [9.17, 15) is 4.79 Å². The number of rotatable bonds is 5. The summed E-state index contributed by atoms with van der Waals surface area (Å²) >= 11 is 1.18. The van der Waals surface area contributed by atoms with Crippen LogP contribution in [0.3, 0.4) is 0 Å². The molecule has 0 bridgehead atoms. The van der Waals surface area contributed by atoms with Crippen molar-refractivity contribution in [1.82, 2.24) is 25.2 Å². The van der Waals surface area contributed by atoms with Crippen LogP contribution in [-0.4, -0.2) is 31.1 Å². The number of aromatic nitrogens is 5. The van der Waals surface area contributed by atoms with Gasteiger partial charge in [0.2, 0.25) is 5.82 Å². The maximum Gasteiger partial charge on any atom is 0.277 e. The van der Waals surface area contributed by atoms with Crippen molar-refractivity contribution < 1.29 is 4.79 Å². The first-order valence-electron chi connectivity index (χ1n) is 6.83. The van der Waals surface area contributed by atoms with Crippen molar-refractivity contribution in [1.29, 1.82) is 0 Å². The average Bonchev–Trinajstić information content (AvgIpc) is 3.15. The van der Waals surface area contributed by atoms with Crippen molar-refractivity contribution in [3.63, 3.8) is 0 Å². The predicted molar refractivity (Wildman–Crippen MR) is 83.2 cm³/mol. The first kappa shape index (κ1) is 14.3. The van der Waals surface area contributed by atoms with Crippen molar-refractivity contribution >= 4 is 17.2 Å². The van der Waals surface area contributed by atoms with E-state index in [4.69, 9.17) is 5.73 Å². The van der Waals surface area contributed by atoms with Gasteiger partial charge in [-0.3, -0.25) is 4.79 Å². The minimum absolute atomic E-state index is 0.237. The number of hydrogen-bond donors (Lipinski definition) is 1. The lowest BCUT2D eigenvalue weighted by molar-refractivity contribution is 0.1000. The molecule has 22 heavy (non-hydrogen) atoms. The Bertz CT molecular complexity index is 795. The van der Waals surface area contributed by atoms with Crippen molar-refractivity contribution in [3.8, 4) is 22.0 Å². The van der Waals surface area contributed by atoms with Gasteiger partial charge in [0, 0.05) is 5.56 Å². The maximum absolute atomic E-state index is 11.4. The third-order valence-electron chi connectivity index (χ3n) is 2.96. The Morgan fingerprint density at radius 1 is 1.32 bits per heavy atom. The summed E-state index contributed by atoms with van der Waals surface area (Å²) in [6.45, 7) is 2.73. The summed E-state index contributed by atoms with van der Waals surface area (Å²) in [4.78, 5) is 18.0. The summed E-state index contributed by atoms with van der Waals surface area (Å²) in [6, 6.07) is 9.56.